The number of rotatable bonds is 6. The fourth-order valence-corrected chi connectivity index (χ4v) is 4.90. The van der Waals surface area contributed by atoms with Crippen molar-refractivity contribution < 1.29 is 9.53 Å². The Balaban J connectivity index is 1.40. The monoisotopic (exact) mass is 370 g/mol. The normalized spacial score (nSPS) is 23.0. The van der Waals surface area contributed by atoms with Crippen LogP contribution in [0.25, 0.3) is 0 Å². The van der Waals surface area contributed by atoms with Gasteiger partial charge in [-0.2, -0.15) is 0 Å². The maximum absolute atomic E-state index is 13.1. The summed E-state index contributed by atoms with van der Waals surface area (Å²) in [4.78, 5) is 15.3. The molecule has 3 fully saturated rings. The van der Waals surface area contributed by atoms with E-state index in [1.807, 2.05) is 0 Å². The van der Waals surface area contributed by atoms with Gasteiger partial charge in [0.05, 0.1) is 0 Å². The third-order valence-electron chi connectivity index (χ3n) is 6.84. The van der Waals surface area contributed by atoms with Crippen LogP contribution in [0.4, 0.5) is 4.79 Å². The summed E-state index contributed by atoms with van der Waals surface area (Å²) >= 11 is 0. The van der Waals surface area contributed by atoms with E-state index >= 15 is 0 Å². The second kappa shape index (κ2) is 8.64. The lowest BCUT2D eigenvalue weighted by molar-refractivity contribution is 0.0499. The third-order valence-corrected chi connectivity index (χ3v) is 6.84. The van der Waals surface area contributed by atoms with Gasteiger partial charge in [-0.3, -0.25) is 0 Å². The zero-order valence-electron chi connectivity index (χ0n) is 16.5. The van der Waals surface area contributed by atoms with Crippen LogP contribution < -0.4 is 5.32 Å². The van der Waals surface area contributed by atoms with Gasteiger partial charge in [-0.1, -0.05) is 49.6 Å². The third kappa shape index (κ3) is 4.66. The highest BCUT2D eigenvalue weighted by molar-refractivity contribution is 5.75. The lowest BCUT2D eigenvalue weighted by Gasteiger charge is -2.39. The Labute approximate surface area is 163 Å². The predicted octanol–water partition coefficient (Wildman–Crippen LogP) is 4.49. The van der Waals surface area contributed by atoms with Gasteiger partial charge in [-0.15, -0.1) is 0 Å². The Kier molecular flexibility index (Phi) is 6.01. The second-order valence-electron chi connectivity index (χ2n) is 8.81. The van der Waals surface area contributed by atoms with Crippen molar-refractivity contribution in [1.29, 1.82) is 0 Å². The quantitative estimate of drug-likeness (QED) is 0.802. The molecule has 0 radical (unpaired) electrons. The number of carbonyl (C=O) groups is 1. The fraction of sp³-hybridized carbons (Fsp3) is 0.696. The Morgan fingerprint density at radius 3 is 2.41 bits per heavy atom. The number of nitrogens with zero attached hydrogens (tertiary/aromatic N) is 1. The first-order valence-corrected chi connectivity index (χ1v) is 10.9. The van der Waals surface area contributed by atoms with E-state index in [1.165, 1.54) is 50.5 Å². The van der Waals surface area contributed by atoms with E-state index < -0.39 is 0 Å². The van der Waals surface area contributed by atoms with Crippen LogP contribution in [0.3, 0.4) is 0 Å². The number of ether oxygens (including phenoxy) is 1. The van der Waals surface area contributed by atoms with Gasteiger partial charge in [-0.05, 0) is 50.0 Å². The average Bonchev–Trinajstić information content (AvgIpc) is 3.58. The molecule has 2 amide bonds. The summed E-state index contributed by atoms with van der Waals surface area (Å²) < 4.78 is 5.63. The van der Waals surface area contributed by atoms with Crippen LogP contribution in [0, 0.1) is 5.92 Å². The molecule has 2 aliphatic carbocycles. The van der Waals surface area contributed by atoms with Crippen molar-refractivity contribution in [3.8, 4) is 0 Å². The van der Waals surface area contributed by atoms with E-state index in [2.05, 4.69) is 40.5 Å². The lowest BCUT2D eigenvalue weighted by Crippen LogP contribution is -2.50. The van der Waals surface area contributed by atoms with Gasteiger partial charge in [0.25, 0.3) is 0 Å². The molecule has 1 heterocycles. The first-order chi connectivity index (χ1) is 13.3. The van der Waals surface area contributed by atoms with E-state index in [0.29, 0.717) is 18.5 Å². The molecule has 1 saturated heterocycles. The summed E-state index contributed by atoms with van der Waals surface area (Å²) in [6.07, 6.45) is 10.9. The topological polar surface area (TPSA) is 41.6 Å². The van der Waals surface area contributed by atoms with Gasteiger partial charge in [0.15, 0.2) is 0 Å². The van der Waals surface area contributed by atoms with Crippen LogP contribution in [0.1, 0.15) is 63.4 Å². The molecule has 4 rings (SSSR count). The minimum absolute atomic E-state index is 0.00916. The summed E-state index contributed by atoms with van der Waals surface area (Å²) in [5.41, 5.74) is 1.34. The SMILES string of the molecule is O=C(NCC1(c2ccccc2)CCOCC1)N(CC1CCCCC1)C1CC1. The van der Waals surface area contributed by atoms with Gasteiger partial charge in [0.2, 0.25) is 0 Å². The first-order valence-electron chi connectivity index (χ1n) is 10.9. The van der Waals surface area contributed by atoms with Crippen LogP contribution >= 0.6 is 0 Å². The summed E-state index contributed by atoms with van der Waals surface area (Å²) in [6.45, 7) is 3.23. The molecule has 2 saturated carbocycles. The summed E-state index contributed by atoms with van der Waals surface area (Å²) in [7, 11) is 0. The Morgan fingerprint density at radius 2 is 1.74 bits per heavy atom. The molecule has 1 aromatic rings. The molecule has 0 atom stereocenters. The van der Waals surface area contributed by atoms with E-state index in [0.717, 1.165) is 32.6 Å². The van der Waals surface area contributed by atoms with Gasteiger partial charge >= 0.3 is 6.03 Å². The molecular weight excluding hydrogens is 336 g/mol. The molecule has 3 aliphatic rings. The highest BCUT2D eigenvalue weighted by Crippen LogP contribution is 2.35. The van der Waals surface area contributed by atoms with Gasteiger partial charge < -0.3 is 15.0 Å². The number of urea groups is 1. The first kappa shape index (κ1) is 18.8. The van der Waals surface area contributed by atoms with E-state index in [9.17, 15) is 4.79 Å². The molecule has 27 heavy (non-hydrogen) atoms. The largest absolute Gasteiger partial charge is 0.381 e. The Bertz CT molecular complexity index is 602. The maximum Gasteiger partial charge on any atom is 0.317 e. The van der Waals surface area contributed by atoms with Crippen molar-refractivity contribution in [3.63, 3.8) is 0 Å². The molecule has 4 heteroatoms. The van der Waals surface area contributed by atoms with Gasteiger partial charge in [0, 0.05) is 37.8 Å². The number of hydrogen-bond donors (Lipinski definition) is 1. The highest BCUT2D eigenvalue weighted by Gasteiger charge is 2.38. The van der Waals surface area contributed by atoms with Crippen molar-refractivity contribution >= 4 is 6.03 Å². The zero-order chi connectivity index (χ0) is 18.5. The number of carbonyl (C=O) groups excluding carboxylic acids is 1. The maximum atomic E-state index is 13.1. The van der Waals surface area contributed by atoms with Crippen LogP contribution in [0.2, 0.25) is 0 Å². The van der Waals surface area contributed by atoms with Crippen molar-refractivity contribution in [2.45, 2.75) is 69.2 Å². The number of amides is 2. The van der Waals surface area contributed by atoms with Gasteiger partial charge in [0.1, 0.15) is 0 Å². The summed E-state index contributed by atoms with van der Waals surface area (Å²) in [5.74, 6) is 0.705. The fourth-order valence-electron chi connectivity index (χ4n) is 4.90. The Hall–Kier alpha value is -1.55. The summed E-state index contributed by atoms with van der Waals surface area (Å²) in [5, 5.41) is 3.33. The van der Waals surface area contributed by atoms with Crippen molar-refractivity contribution in [2.24, 2.45) is 5.92 Å². The second-order valence-corrected chi connectivity index (χ2v) is 8.81. The molecular formula is C23H34N2O2. The average molecular weight is 371 g/mol. The van der Waals surface area contributed by atoms with Crippen LogP contribution in [0.5, 0.6) is 0 Å². The molecule has 0 spiro atoms. The minimum Gasteiger partial charge on any atom is -0.381 e. The van der Waals surface area contributed by atoms with E-state index in [1.54, 1.807) is 0 Å². The molecule has 4 nitrogen and oxygen atoms in total. The van der Waals surface area contributed by atoms with Gasteiger partial charge in [-0.25, -0.2) is 4.79 Å². The zero-order valence-corrected chi connectivity index (χ0v) is 16.5. The molecule has 1 aromatic carbocycles. The van der Waals surface area contributed by atoms with Crippen LogP contribution in [0.15, 0.2) is 30.3 Å². The smallest absolute Gasteiger partial charge is 0.317 e. The van der Waals surface area contributed by atoms with E-state index in [4.69, 9.17) is 4.74 Å². The molecule has 0 bridgehead atoms. The summed E-state index contributed by atoms with van der Waals surface area (Å²) in [6, 6.07) is 11.3. The van der Waals surface area contributed by atoms with Crippen molar-refractivity contribution in [3.05, 3.63) is 35.9 Å². The number of nitrogens with one attached hydrogen (secondary N) is 1. The van der Waals surface area contributed by atoms with Crippen molar-refractivity contribution in [1.82, 2.24) is 10.2 Å². The predicted molar refractivity (Wildman–Crippen MR) is 108 cm³/mol. The molecule has 0 unspecified atom stereocenters. The standard InChI is InChI=1S/C23H34N2O2/c26-22(25(21-11-12-21)17-19-7-3-1-4-8-19)24-18-23(13-15-27-16-14-23)20-9-5-2-6-10-20/h2,5-6,9-10,19,21H,1,3-4,7-8,11-18H2,(H,24,26). The van der Waals surface area contributed by atoms with Crippen LogP contribution in [-0.4, -0.2) is 43.3 Å². The minimum atomic E-state index is 0.00916. The molecule has 0 aromatic heterocycles. The molecule has 1 aliphatic heterocycles. The van der Waals surface area contributed by atoms with Crippen molar-refractivity contribution in [2.75, 3.05) is 26.3 Å². The lowest BCUT2D eigenvalue weighted by atomic mass is 9.74. The number of benzene rings is 1. The molecule has 148 valence electrons. The molecule has 1 N–H and O–H groups in total. The van der Waals surface area contributed by atoms with Crippen LogP contribution in [-0.2, 0) is 10.2 Å². The highest BCUT2D eigenvalue weighted by atomic mass is 16.5. The Morgan fingerprint density at radius 1 is 1.04 bits per heavy atom. The van der Waals surface area contributed by atoms with E-state index in [-0.39, 0.29) is 11.4 Å². The number of hydrogen-bond acceptors (Lipinski definition) is 2.